The minimum Gasteiger partial charge on any atom is -0.375 e. The number of carbonyl (C=O) groups is 1. The quantitative estimate of drug-likeness (QED) is 0.857. The molecule has 2 aliphatic heterocycles. The zero-order chi connectivity index (χ0) is 18.9. The summed E-state index contributed by atoms with van der Waals surface area (Å²) in [5.74, 6) is 0.421. The van der Waals surface area contributed by atoms with Gasteiger partial charge in [-0.3, -0.25) is 4.90 Å². The molecule has 2 N–H and O–H groups in total. The second-order valence-corrected chi connectivity index (χ2v) is 7.30. The summed E-state index contributed by atoms with van der Waals surface area (Å²) in [6.07, 6.45) is -3.60. The summed E-state index contributed by atoms with van der Waals surface area (Å²) in [7, 11) is 0. The third-order valence-electron chi connectivity index (χ3n) is 5.00. The van der Waals surface area contributed by atoms with E-state index in [0.29, 0.717) is 19.1 Å². The second-order valence-electron chi connectivity index (χ2n) is 7.30. The normalized spacial score (nSPS) is 26.6. The van der Waals surface area contributed by atoms with Gasteiger partial charge in [0.05, 0.1) is 24.0 Å². The first-order chi connectivity index (χ1) is 12.2. The fourth-order valence-corrected chi connectivity index (χ4v) is 3.59. The molecule has 5 nitrogen and oxygen atoms in total. The molecule has 1 aromatic carbocycles. The number of anilines is 1. The van der Waals surface area contributed by atoms with Crippen molar-refractivity contribution in [3.63, 3.8) is 0 Å². The first kappa shape index (κ1) is 19.0. The van der Waals surface area contributed by atoms with Crippen LogP contribution in [-0.2, 0) is 10.9 Å². The van der Waals surface area contributed by atoms with Gasteiger partial charge in [0, 0.05) is 25.2 Å². The summed E-state index contributed by atoms with van der Waals surface area (Å²) in [6.45, 7) is 6.36. The maximum Gasteiger partial charge on any atom is 0.418 e. The maximum atomic E-state index is 13.0. The van der Waals surface area contributed by atoms with Gasteiger partial charge in [0.25, 0.3) is 0 Å². The van der Waals surface area contributed by atoms with Crippen LogP contribution in [0.4, 0.5) is 23.7 Å². The van der Waals surface area contributed by atoms with Gasteiger partial charge in [-0.25, -0.2) is 4.79 Å². The van der Waals surface area contributed by atoms with E-state index in [1.807, 2.05) is 0 Å². The number of carbonyl (C=O) groups excluding carboxylic acids is 1. The molecule has 0 saturated carbocycles. The van der Waals surface area contributed by atoms with Crippen molar-refractivity contribution in [2.24, 2.45) is 5.92 Å². The highest BCUT2D eigenvalue weighted by Crippen LogP contribution is 2.34. The predicted molar refractivity (Wildman–Crippen MR) is 91.9 cm³/mol. The molecule has 2 amide bonds. The van der Waals surface area contributed by atoms with Crippen LogP contribution in [0, 0.1) is 5.92 Å². The number of para-hydroxylation sites is 1. The van der Waals surface area contributed by atoms with Crippen LogP contribution in [-0.4, -0.2) is 48.8 Å². The Morgan fingerprint density at radius 1 is 1.27 bits per heavy atom. The fraction of sp³-hybridized carbons (Fsp3) is 0.611. The Hall–Kier alpha value is -1.80. The largest absolute Gasteiger partial charge is 0.418 e. The van der Waals surface area contributed by atoms with E-state index >= 15 is 0 Å². The van der Waals surface area contributed by atoms with Crippen molar-refractivity contribution in [2.45, 2.75) is 44.6 Å². The molecule has 0 aliphatic carbocycles. The Balaban J connectivity index is 1.57. The van der Waals surface area contributed by atoms with Crippen molar-refractivity contribution in [3.05, 3.63) is 29.8 Å². The van der Waals surface area contributed by atoms with E-state index in [9.17, 15) is 18.0 Å². The van der Waals surface area contributed by atoms with Gasteiger partial charge in [-0.15, -0.1) is 0 Å². The van der Waals surface area contributed by atoms with Crippen LogP contribution in [0.25, 0.3) is 0 Å². The molecule has 2 heterocycles. The van der Waals surface area contributed by atoms with Gasteiger partial charge >= 0.3 is 12.2 Å². The summed E-state index contributed by atoms with van der Waals surface area (Å²) in [5, 5.41) is 5.12. The second kappa shape index (κ2) is 7.44. The zero-order valence-corrected chi connectivity index (χ0v) is 14.8. The number of ether oxygens (including phenoxy) is 1. The van der Waals surface area contributed by atoms with Crippen LogP contribution in [0.2, 0.25) is 0 Å². The number of fused-ring (bicyclic) bond motifs is 1. The number of morpholine rings is 1. The third kappa shape index (κ3) is 4.29. The molecule has 2 saturated heterocycles. The lowest BCUT2D eigenvalue weighted by Crippen LogP contribution is -2.48. The van der Waals surface area contributed by atoms with Gasteiger partial charge in [-0.2, -0.15) is 13.2 Å². The first-order valence-electron chi connectivity index (χ1n) is 8.83. The summed E-state index contributed by atoms with van der Waals surface area (Å²) in [5.41, 5.74) is -1.09. The number of nitrogens with one attached hydrogen (secondary N) is 2. The van der Waals surface area contributed by atoms with Gasteiger partial charge in [0.1, 0.15) is 0 Å². The molecular formula is C18H24F3N3O2. The molecule has 0 aromatic heterocycles. The van der Waals surface area contributed by atoms with Crippen molar-refractivity contribution < 1.29 is 22.7 Å². The van der Waals surface area contributed by atoms with Crippen LogP contribution in [0.3, 0.4) is 0 Å². The summed E-state index contributed by atoms with van der Waals surface area (Å²) in [6, 6.07) is 4.49. The van der Waals surface area contributed by atoms with E-state index in [2.05, 4.69) is 29.4 Å². The predicted octanol–water partition coefficient (Wildman–Crippen LogP) is 3.32. The Labute approximate surface area is 150 Å². The lowest BCUT2D eigenvalue weighted by Gasteiger charge is -2.36. The number of hydrogen-bond donors (Lipinski definition) is 2. The topological polar surface area (TPSA) is 53.6 Å². The Morgan fingerprint density at radius 3 is 2.69 bits per heavy atom. The number of amides is 2. The molecule has 26 heavy (non-hydrogen) atoms. The monoisotopic (exact) mass is 371 g/mol. The van der Waals surface area contributed by atoms with Crippen LogP contribution >= 0.6 is 0 Å². The molecule has 0 bridgehead atoms. The van der Waals surface area contributed by atoms with Crippen LogP contribution in [0.5, 0.6) is 0 Å². The minimum absolute atomic E-state index is 0.104. The van der Waals surface area contributed by atoms with Gasteiger partial charge in [-0.1, -0.05) is 26.0 Å². The first-order valence-corrected chi connectivity index (χ1v) is 8.83. The molecule has 8 heteroatoms. The maximum absolute atomic E-state index is 13.0. The van der Waals surface area contributed by atoms with Gasteiger partial charge < -0.3 is 15.4 Å². The SMILES string of the molecule is CC(C)[C@H]1CN2C[C@@H](NC(=O)Nc3ccccc3C(F)(F)F)C[C@H]2CO1. The number of benzene rings is 1. The molecule has 1 aromatic rings. The Bertz CT molecular complexity index is 651. The highest BCUT2D eigenvalue weighted by molar-refractivity contribution is 5.90. The molecule has 2 aliphatic rings. The Kier molecular flexibility index (Phi) is 5.43. The van der Waals surface area contributed by atoms with E-state index in [4.69, 9.17) is 4.74 Å². The summed E-state index contributed by atoms with van der Waals surface area (Å²) < 4.78 is 44.9. The molecule has 144 valence electrons. The van der Waals surface area contributed by atoms with Crippen LogP contribution < -0.4 is 10.6 Å². The van der Waals surface area contributed by atoms with Crippen molar-refractivity contribution in [1.82, 2.24) is 10.2 Å². The molecule has 0 spiro atoms. The summed E-state index contributed by atoms with van der Waals surface area (Å²) >= 11 is 0. The van der Waals surface area contributed by atoms with Gasteiger partial charge in [-0.05, 0) is 24.5 Å². The summed E-state index contributed by atoms with van der Waals surface area (Å²) in [4.78, 5) is 14.5. The number of hydrogen-bond acceptors (Lipinski definition) is 3. The van der Waals surface area contributed by atoms with Crippen LogP contribution in [0.1, 0.15) is 25.8 Å². The number of rotatable bonds is 3. The number of alkyl halides is 3. The number of halogens is 3. The standard InChI is InChI=1S/C18H24F3N3O2/c1-11(2)16-9-24-8-12(7-13(24)10-26-16)22-17(25)23-15-6-4-3-5-14(15)18(19,20)21/h3-6,11-13,16H,7-10H2,1-2H3,(H2,22,23,25)/t12-,13-,16+/m0/s1. The third-order valence-corrected chi connectivity index (χ3v) is 5.00. The van der Waals surface area contributed by atoms with E-state index in [1.165, 1.54) is 18.2 Å². The van der Waals surface area contributed by atoms with E-state index in [1.54, 1.807) is 0 Å². The molecule has 3 rings (SSSR count). The smallest absolute Gasteiger partial charge is 0.375 e. The highest BCUT2D eigenvalue weighted by Gasteiger charge is 2.39. The Morgan fingerprint density at radius 2 is 2.00 bits per heavy atom. The zero-order valence-electron chi connectivity index (χ0n) is 14.8. The van der Waals surface area contributed by atoms with E-state index in [0.717, 1.165) is 19.0 Å². The van der Waals surface area contributed by atoms with Gasteiger partial charge in [0.15, 0.2) is 0 Å². The number of urea groups is 1. The molecule has 3 atom stereocenters. The van der Waals surface area contributed by atoms with Crippen molar-refractivity contribution in [1.29, 1.82) is 0 Å². The minimum atomic E-state index is -4.51. The van der Waals surface area contributed by atoms with E-state index in [-0.39, 0.29) is 23.9 Å². The average molecular weight is 371 g/mol. The lowest BCUT2D eigenvalue weighted by molar-refractivity contribution is -0.136. The lowest BCUT2D eigenvalue weighted by atomic mass is 10.0. The fourth-order valence-electron chi connectivity index (χ4n) is 3.59. The van der Waals surface area contributed by atoms with Crippen molar-refractivity contribution >= 4 is 11.7 Å². The van der Waals surface area contributed by atoms with Crippen LogP contribution in [0.15, 0.2) is 24.3 Å². The average Bonchev–Trinajstić information content (AvgIpc) is 2.95. The van der Waals surface area contributed by atoms with Crippen molar-refractivity contribution in [3.8, 4) is 0 Å². The number of nitrogens with zero attached hydrogens (tertiary/aromatic N) is 1. The van der Waals surface area contributed by atoms with Gasteiger partial charge in [0.2, 0.25) is 0 Å². The molecule has 0 unspecified atom stereocenters. The van der Waals surface area contributed by atoms with Crippen molar-refractivity contribution in [2.75, 3.05) is 25.0 Å². The van der Waals surface area contributed by atoms with E-state index < -0.39 is 17.8 Å². The molecule has 0 radical (unpaired) electrons. The highest BCUT2D eigenvalue weighted by atomic mass is 19.4. The molecule has 2 fully saturated rings. The molecular weight excluding hydrogens is 347 g/mol.